The highest BCUT2D eigenvalue weighted by atomic mass is 127. The van der Waals surface area contributed by atoms with E-state index < -0.39 is 0 Å². The minimum Gasteiger partial charge on any atom is -0.402 e. The van der Waals surface area contributed by atoms with Gasteiger partial charge in [-0.05, 0) is 48.1 Å². The van der Waals surface area contributed by atoms with Gasteiger partial charge >= 0.3 is 0 Å². The van der Waals surface area contributed by atoms with Gasteiger partial charge in [-0.2, -0.15) is 0 Å². The van der Waals surface area contributed by atoms with Crippen LogP contribution in [0, 0.1) is 3.57 Å². The monoisotopic (exact) mass is 431 g/mol. The number of carbonyl (C=O) groups is 1. The largest absolute Gasteiger partial charge is 0.402 e. The van der Waals surface area contributed by atoms with E-state index in [0.717, 1.165) is 26.7 Å². The van der Waals surface area contributed by atoms with Crippen molar-refractivity contribution < 1.29 is 4.79 Å². The highest BCUT2D eigenvalue weighted by Crippen LogP contribution is 2.26. The number of carbonyl (C=O) groups excluding carboxylic acids is 1. The topological polar surface area (TPSA) is 60.9 Å². The summed E-state index contributed by atoms with van der Waals surface area (Å²) in [5.74, 6) is -0.0491. The molecule has 122 valence electrons. The number of aromatic nitrogens is 2. The molecule has 2 heterocycles. The van der Waals surface area contributed by atoms with E-state index >= 15 is 0 Å². The van der Waals surface area contributed by atoms with E-state index in [2.05, 4.69) is 50.5 Å². The van der Waals surface area contributed by atoms with Crippen LogP contribution in [0.5, 0.6) is 0 Å². The predicted molar refractivity (Wildman–Crippen MR) is 105 cm³/mol. The highest BCUT2D eigenvalue weighted by Gasteiger charge is 2.14. The lowest BCUT2D eigenvalue weighted by Crippen LogP contribution is -2.06. The zero-order valence-electron chi connectivity index (χ0n) is 13.6. The number of fused-ring (bicyclic) bond motifs is 1. The Morgan fingerprint density at radius 3 is 2.58 bits per heavy atom. The third-order valence-electron chi connectivity index (χ3n) is 3.90. The second-order valence-corrected chi connectivity index (χ2v) is 6.96. The van der Waals surface area contributed by atoms with Crippen molar-refractivity contribution in [2.24, 2.45) is 5.73 Å². The Hall–Kier alpha value is -2.15. The molecule has 3 aromatic rings. The zero-order valence-corrected chi connectivity index (χ0v) is 15.7. The highest BCUT2D eigenvalue weighted by molar-refractivity contribution is 14.1. The molecule has 4 nitrogen and oxygen atoms in total. The molecule has 0 aliphatic heterocycles. The number of hydrogen-bond acceptors (Lipinski definition) is 3. The molecule has 0 unspecified atom stereocenters. The standard InChI is InChI=1S/C19H18IN3O/c1-12(21)18(13(2)24)15-8-17-19(22-9-15)16(20)11-23(17)10-14-6-4-3-5-7-14/h3-9,11H,10,21H2,1-2H3. The predicted octanol–water partition coefficient (Wildman–Crippen LogP) is 3.97. The summed E-state index contributed by atoms with van der Waals surface area (Å²) in [5.41, 5.74) is 10.9. The summed E-state index contributed by atoms with van der Waals surface area (Å²) in [5, 5.41) is 0. The molecule has 0 atom stereocenters. The van der Waals surface area contributed by atoms with Gasteiger partial charge in [-0.25, -0.2) is 0 Å². The zero-order chi connectivity index (χ0) is 17.3. The van der Waals surface area contributed by atoms with Crippen molar-refractivity contribution >= 4 is 45.0 Å². The quantitative estimate of drug-likeness (QED) is 0.503. The average Bonchev–Trinajstić information content (AvgIpc) is 2.83. The van der Waals surface area contributed by atoms with E-state index in [1.807, 2.05) is 24.3 Å². The number of benzene rings is 1. The molecule has 2 aromatic heterocycles. The van der Waals surface area contributed by atoms with Gasteiger partial charge in [-0.3, -0.25) is 9.78 Å². The summed E-state index contributed by atoms with van der Waals surface area (Å²) in [4.78, 5) is 16.5. The number of halogens is 1. The number of rotatable bonds is 4. The first-order chi connectivity index (χ1) is 11.5. The molecular formula is C19H18IN3O. The summed E-state index contributed by atoms with van der Waals surface area (Å²) in [6, 6.07) is 12.3. The van der Waals surface area contributed by atoms with Crippen LogP contribution in [0.25, 0.3) is 16.6 Å². The van der Waals surface area contributed by atoms with Crippen molar-refractivity contribution in [2.75, 3.05) is 0 Å². The normalized spacial score (nSPS) is 12.3. The Morgan fingerprint density at radius 2 is 1.96 bits per heavy atom. The first kappa shape index (κ1) is 16.7. The molecule has 0 saturated carbocycles. The minimum absolute atomic E-state index is 0.0491. The second-order valence-electron chi connectivity index (χ2n) is 5.80. The van der Waals surface area contributed by atoms with Gasteiger partial charge in [0.15, 0.2) is 5.78 Å². The Morgan fingerprint density at radius 1 is 1.25 bits per heavy atom. The van der Waals surface area contributed by atoms with Crippen LogP contribution in [0.2, 0.25) is 0 Å². The fraction of sp³-hybridized carbons (Fsp3) is 0.158. The number of nitrogens with two attached hydrogens (primary N) is 1. The maximum absolute atomic E-state index is 11.9. The van der Waals surface area contributed by atoms with E-state index in [9.17, 15) is 4.79 Å². The summed E-state index contributed by atoms with van der Waals surface area (Å²) >= 11 is 2.29. The Balaban J connectivity index is 2.13. The van der Waals surface area contributed by atoms with E-state index in [4.69, 9.17) is 5.73 Å². The SMILES string of the molecule is CC(=O)C(=C(C)N)c1cnc2c(I)cn(Cc3ccccc3)c2c1. The van der Waals surface area contributed by atoms with Crippen LogP contribution in [0.3, 0.4) is 0 Å². The third kappa shape index (κ3) is 3.21. The van der Waals surface area contributed by atoms with Gasteiger partial charge in [0.05, 0.1) is 9.09 Å². The third-order valence-corrected chi connectivity index (χ3v) is 4.69. The van der Waals surface area contributed by atoms with E-state index in [-0.39, 0.29) is 5.78 Å². The summed E-state index contributed by atoms with van der Waals surface area (Å²) in [6.07, 6.45) is 3.81. The summed E-state index contributed by atoms with van der Waals surface area (Å²) in [6.45, 7) is 4.03. The molecule has 0 aliphatic carbocycles. The molecule has 0 fully saturated rings. The van der Waals surface area contributed by atoms with Gasteiger partial charge in [0, 0.05) is 35.8 Å². The van der Waals surface area contributed by atoms with Crippen LogP contribution >= 0.6 is 22.6 Å². The molecule has 24 heavy (non-hydrogen) atoms. The number of nitrogens with zero attached hydrogens (tertiary/aromatic N) is 2. The van der Waals surface area contributed by atoms with Crippen LogP contribution < -0.4 is 5.73 Å². The number of Topliss-reactive ketones (excluding diaryl/α,β-unsaturated/α-hetero) is 1. The van der Waals surface area contributed by atoms with Crippen molar-refractivity contribution in [1.29, 1.82) is 0 Å². The Bertz CT molecular complexity index is 938. The van der Waals surface area contributed by atoms with E-state index in [1.165, 1.54) is 12.5 Å². The van der Waals surface area contributed by atoms with Crippen LogP contribution in [0.1, 0.15) is 25.0 Å². The number of allylic oxidation sites excluding steroid dienone is 2. The van der Waals surface area contributed by atoms with Gasteiger partial charge in [-0.15, -0.1) is 0 Å². The van der Waals surface area contributed by atoms with E-state index in [1.54, 1.807) is 13.1 Å². The Kier molecular flexibility index (Phi) is 4.71. The van der Waals surface area contributed by atoms with Crippen LogP contribution in [0.15, 0.2) is 54.5 Å². The first-order valence-corrected chi connectivity index (χ1v) is 8.71. The molecular weight excluding hydrogens is 413 g/mol. The lowest BCUT2D eigenvalue weighted by molar-refractivity contribution is -0.111. The molecule has 2 N–H and O–H groups in total. The van der Waals surface area contributed by atoms with Crippen LogP contribution in [0.4, 0.5) is 0 Å². The lowest BCUT2D eigenvalue weighted by Gasteiger charge is -2.09. The molecule has 5 heteroatoms. The van der Waals surface area contributed by atoms with Crippen molar-refractivity contribution in [2.45, 2.75) is 20.4 Å². The minimum atomic E-state index is -0.0491. The Labute approximate surface area is 154 Å². The van der Waals surface area contributed by atoms with Gasteiger partial charge in [0.1, 0.15) is 5.52 Å². The molecule has 3 rings (SSSR count). The average molecular weight is 431 g/mol. The smallest absolute Gasteiger partial charge is 0.162 e. The van der Waals surface area contributed by atoms with Crippen LogP contribution in [-0.2, 0) is 11.3 Å². The molecule has 0 saturated heterocycles. The molecule has 0 amide bonds. The molecule has 1 aromatic carbocycles. The van der Waals surface area contributed by atoms with Crippen molar-refractivity contribution in [3.8, 4) is 0 Å². The summed E-state index contributed by atoms with van der Waals surface area (Å²) in [7, 11) is 0. The maximum atomic E-state index is 11.9. The van der Waals surface area contributed by atoms with Gasteiger partial charge in [0.2, 0.25) is 0 Å². The van der Waals surface area contributed by atoms with Crippen LogP contribution in [-0.4, -0.2) is 15.3 Å². The van der Waals surface area contributed by atoms with Crippen molar-refractivity contribution in [3.63, 3.8) is 0 Å². The number of pyridine rings is 1. The van der Waals surface area contributed by atoms with Crippen molar-refractivity contribution in [1.82, 2.24) is 9.55 Å². The molecule has 0 radical (unpaired) electrons. The lowest BCUT2D eigenvalue weighted by atomic mass is 10.0. The van der Waals surface area contributed by atoms with E-state index in [0.29, 0.717) is 11.3 Å². The fourth-order valence-corrected chi connectivity index (χ4v) is 3.63. The maximum Gasteiger partial charge on any atom is 0.162 e. The van der Waals surface area contributed by atoms with Crippen molar-refractivity contribution in [3.05, 3.63) is 69.2 Å². The second kappa shape index (κ2) is 6.76. The molecule has 0 bridgehead atoms. The number of hydrogen-bond donors (Lipinski definition) is 1. The molecule has 0 spiro atoms. The fourth-order valence-electron chi connectivity index (χ4n) is 2.88. The number of ketones is 1. The summed E-state index contributed by atoms with van der Waals surface area (Å²) < 4.78 is 3.25. The van der Waals surface area contributed by atoms with Gasteiger partial charge in [0.25, 0.3) is 0 Å². The van der Waals surface area contributed by atoms with Gasteiger partial charge in [-0.1, -0.05) is 30.3 Å². The van der Waals surface area contributed by atoms with Gasteiger partial charge < -0.3 is 10.3 Å². The first-order valence-electron chi connectivity index (χ1n) is 7.63. The molecule has 0 aliphatic rings.